The Labute approximate surface area is 72.8 Å². The van der Waals surface area contributed by atoms with Crippen LogP contribution in [0.3, 0.4) is 0 Å². The van der Waals surface area contributed by atoms with Crippen LogP contribution in [0.2, 0.25) is 0 Å². The molecule has 0 aromatic heterocycles. The summed E-state index contributed by atoms with van der Waals surface area (Å²) in [5.41, 5.74) is 11.7. The molecular formula is C9H15N3. The molecule has 1 unspecified atom stereocenters. The van der Waals surface area contributed by atoms with E-state index in [4.69, 9.17) is 11.5 Å². The van der Waals surface area contributed by atoms with Gasteiger partial charge >= 0.3 is 0 Å². The molecule has 0 amide bonds. The van der Waals surface area contributed by atoms with Crippen LogP contribution in [0.25, 0.3) is 0 Å². The standard InChI is InChI=1S/C9H15N3/c1-7-5-3-4-6-9(7,2)12-8(10)11/h3-5H,6H2,1-2H3,(H4,10,11,12). The summed E-state index contributed by atoms with van der Waals surface area (Å²) in [5, 5.41) is 0. The topological polar surface area (TPSA) is 64.4 Å². The molecule has 0 bridgehead atoms. The molecule has 0 spiro atoms. The van der Waals surface area contributed by atoms with Crippen LogP contribution in [-0.4, -0.2) is 11.5 Å². The maximum atomic E-state index is 5.35. The molecule has 0 radical (unpaired) electrons. The van der Waals surface area contributed by atoms with E-state index >= 15 is 0 Å². The van der Waals surface area contributed by atoms with Gasteiger partial charge in [0, 0.05) is 0 Å². The van der Waals surface area contributed by atoms with Gasteiger partial charge in [0.25, 0.3) is 0 Å². The molecule has 0 aromatic rings. The minimum Gasteiger partial charge on any atom is -0.370 e. The fraction of sp³-hybridized carbons (Fsp3) is 0.444. The number of nitrogens with two attached hydrogens (primary N) is 2. The Morgan fingerprint density at radius 1 is 1.58 bits per heavy atom. The lowest BCUT2D eigenvalue weighted by Gasteiger charge is -2.27. The second kappa shape index (κ2) is 3.01. The summed E-state index contributed by atoms with van der Waals surface area (Å²) in [4.78, 5) is 4.20. The van der Waals surface area contributed by atoms with E-state index in [-0.39, 0.29) is 11.5 Å². The SMILES string of the molecule is CC1=CC=CCC1(C)N=C(N)N. The van der Waals surface area contributed by atoms with Crippen LogP contribution in [0, 0.1) is 0 Å². The minimum absolute atomic E-state index is 0.153. The van der Waals surface area contributed by atoms with Crippen molar-refractivity contribution in [3.05, 3.63) is 23.8 Å². The average Bonchev–Trinajstić information content (AvgIpc) is 1.94. The summed E-state index contributed by atoms with van der Waals surface area (Å²) in [6, 6.07) is 0. The van der Waals surface area contributed by atoms with Gasteiger partial charge in [0.2, 0.25) is 0 Å². The molecule has 4 N–H and O–H groups in total. The fourth-order valence-corrected chi connectivity index (χ4v) is 1.27. The summed E-state index contributed by atoms with van der Waals surface area (Å²) >= 11 is 0. The van der Waals surface area contributed by atoms with Crippen LogP contribution in [-0.2, 0) is 0 Å². The molecule has 1 rings (SSSR count). The molecule has 0 fully saturated rings. The van der Waals surface area contributed by atoms with Gasteiger partial charge in [-0.1, -0.05) is 18.2 Å². The van der Waals surface area contributed by atoms with Crippen molar-refractivity contribution in [2.45, 2.75) is 25.8 Å². The smallest absolute Gasteiger partial charge is 0.186 e. The maximum absolute atomic E-state index is 5.35. The van der Waals surface area contributed by atoms with Crippen molar-refractivity contribution in [1.29, 1.82) is 0 Å². The van der Waals surface area contributed by atoms with Gasteiger partial charge in [0.15, 0.2) is 5.96 Å². The Morgan fingerprint density at radius 2 is 2.25 bits per heavy atom. The molecule has 0 heterocycles. The summed E-state index contributed by atoms with van der Waals surface area (Å²) in [6.07, 6.45) is 7.00. The molecule has 3 nitrogen and oxygen atoms in total. The van der Waals surface area contributed by atoms with E-state index in [1.54, 1.807) is 0 Å². The Bertz CT molecular complexity index is 259. The largest absolute Gasteiger partial charge is 0.370 e. The number of hydrogen-bond donors (Lipinski definition) is 2. The molecule has 0 saturated heterocycles. The summed E-state index contributed by atoms with van der Waals surface area (Å²) < 4.78 is 0. The van der Waals surface area contributed by atoms with Gasteiger partial charge < -0.3 is 11.5 Å². The van der Waals surface area contributed by atoms with Crippen molar-refractivity contribution in [3.8, 4) is 0 Å². The highest BCUT2D eigenvalue weighted by Crippen LogP contribution is 2.28. The zero-order valence-electron chi connectivity index (χ0n) is 7.54. The monoisotopic (exact) mass is 165 g/mol. The van der Waals surface area contributed by atoms with Crippen LogP contribution < -0.4 is 11.5 Å². The third kappa shape index (κ3) is 1.67. The first-order valence-electron chi connectivity index (χ1n) is 3.99. The lowest BCUT2D eigenvalue weighted by Crippen LogP contribution is -2.32. The number of nitrogens with zero attached hydrogens (tertiary/aromatic N) is 1. The van der Waals surface area contributed by atoms with E-state index in [9.17, 15) is 0 Å². The second-order valence-corrected chi connectivity index (χ2v) is 3.29. The normalized spacial score (nSPS) is 28.0. The molecule has 12 heavy (non-hydrogen) atoms. The third-order valence-electron chi connectivity index (χ3n) is 2.22. The predicted octanol–water partition coefficient (Wildman–Crippen LogP) is 0.925. The zero-order valence-corrected chi connectivity index (χ0v) is 7.54. The van der Waals surface area contributed by atoms with Gasteiger partial charge in [-0.3, -0.25) is 0 Å². The van der Waals surface area contributed by atoms with Gasteiger partial charge in [-0.2, -0.15) is 0 Å². The van der Waals surface area contributed by atoms with Gasteiger partial charge in [-0.05, 0) is 25.8 Å². The highest BCUT2D eigenvalue weighted by atomic mass is 15.0. The van der Waals surface area contributed by atoms with Crippen LogP contribution in [0.5, 0.6) is 0 Å². The van der Waals surface area contributed by atoms with Crippen LogP contribution in [0.15, 0.2) is 28.8 Å². The second-order valence-electron chi connectivity index (χ2n) is 3.29. The Hall–Kier alpha value is -1.25. The number of guanidine groups is 1. The Balaban J connectivity index is 2.93. The zero-order chi connectivity index (χ0) is 9.19. The molecule has 1 aliphatic rings. The number of hydrogen-bond acceptors (Lipinski definition) is 1. The average molecular weight is 165 g/mol. The van der Waals surface area contributed by atoms with Crippen molar-refractivity contribution in [2.24, 2.45) is 16.5 Å². The van der Waals surface area contributed by atoms with E-state index in [0.29, 0.717) is 0 Å². The van der Waals surface area contributed by atoms with Crippen molar-refractivity contribution in [3.63, 3.8) is 0 Å². The lowest BCUT2D eigenvalue weighted by molar-refractivity contribution is 0.554. The van der Waals surface area contributed by atoms with Gasteiger partial charge in [0.05, 0.1) is 5.54 Å². The Morgan fingerprint density at radius 3 is 2.75 bits per heavy atom. The van der Waals surface area contributed by atoms with Gasteiger partial charge in [-0.15, -0.1) is 0 Å². The summed E-state index contributed by atoms with van der Waals surface area (Å²) in [5.74, 6) is 0.153. The Kier molecular flexibility index (Phi) is 2.22. The van der Waals surface area contributed by atoms with Gasteiger partial charge in [0.1, 0.15) is 0 Å². The molecule has 1 aliphatic carbocycles. The molecule has 1 atom stereocenters. The van der Waals surface area contributed by atoms with Crippen molar-refractivity contribution in [2.75, 3.05) is 0 Å². The first-order chi connectivity index (χ1) is 5.54. The molecule has 0 saturated carbocycles. The fourth-order valence-electron chi connectivity index (χ4n) is 1.27. The molecule has 0 aliphatic heterocycles. The molecule has 0 aromatic carbocycles. The first kappa shape index (κ1) is 8.84. The number of aliphatic imine (C=N–C) groups is 1. The first-order valence-corrected chi connectivity index (χ1v) is 3.99. The maximum Gasteiger partial charge on any atom is 0.186 e. The van der Waals surface area contributed by atoms with Crippen LogP contribution in [0.4, 0.5) is 0 Å². The predicted molar refractivity (Wildman–Crippen MR) is 51.7 cm³/mol. The van der Waals surface area contributed by atoms with Crippen molar-refractivity contribution >= 4 is 5.96 Å². The van der Waals surface area contributed by atoms with E-state index in [1.165, 1.54) is 5.57 Å². The highest BCUT2D eigenvalue weighted by Gasteiger charge is 2.25. The lowest BCUT2D eigenvalue weighted by atomic mass is 9.86. The van der Waals surface area contributed by atoms with Crippen molar-refractivity contribution < 1.29 is 0 Å². The van der Waals surface area contributed by atoms with E-state index < -0.39 is 0 Å². The molecule has 66 valence electrons. The third-order valence-corrected chi connectivity index (χ3v) is 2.22. The van der Waals surface area contributed by atoms with E-state index in [0.717, 1.165) is 6.42 Å². The van der Waals surface area contributed by atoms with Crippen molar-refractivity contribution in [1.82, 2.24) is 0 Å². The number of rotatable bonds is 1. The summed E-state index contributed by atoms with van der Waals surface area (Å²) in [7, 11) is 0. The highest BCUT2D eigenvalue weighted by molar-refractivity contribution is 5.76. The van der Waals surface area contributed by atoms with Crippen LogP contribution >= 0.6 is 0 Å². The molecular weight excluding hydrogens is 150 g/mol. The van der Waals surface area contributed by atoms with Crippen LogP contribution in [0.1, 0.15) is 20.3 Å². The summed E-state index contributed by atoms with van der Waals surface area (Å²) in [6.45, 7) is 4.07. The minimum atomic E-state index is -0.229. The van der Waals surface area contributed by atoms with E-state index in [1.807, 2.05) is 26.0 Å². The van der Waals surface area contributed by atoms with E-state index in [2.05, 4.69) is 11.1 Å². The number of allylic oxidation sites excluding steroid dienone is 2. The quantitative estimate of drug-likeness (QED) is 0.448. The molecule has 3 heteroatoms. The van der Waals surface area contributed by atoms with Gasteiger partial charge in [-0.25, -0.2) is 4.99 Å².